The number of pyridine rings is 1. The number of halogens is 3. The normalized spacial score (nSPS) is 10.2. The zero-order valence-electron chi connectivity index (χ0n) is 10.1. The number of benzene rings is 1. The maximum Gasteiger partial charge on any atom is 0.307 e. The van der Waals surface area contributed by atoms with Gasteiger partial charge in [0.05, 0.1) is 16.6 Å². The van der Waals surface area contributed by atoms with Crippen LogP contribution in [0.1, 0.15) is 10.4 Å². The van der Waals surface area contributed by atoms with Gasteiger partial charge in [0, 0.05) is 9.77 Å². The Kier molecular flexibility index (Phi) is 4.40. The highest BCUT2D eigenvalue weighted by Crippen LogP contribution is 2.22. The lowest BCUT2D eigenvalue weighted by atomic mass is 10.1. The number of nitrogens with zero attached hydrogens (tertiary/aromatic N) is 2. The summed E-state index contributed by atoms with van der Waals surface area (Å²) in [5.41, 5.74) is -1.67. The van der Waals surface area contributed by atoms with E-state index in [2.05, 4.69) is 10.3 Å². The molecule has 108 valence electrons. The molecule has 0 unspecified atom stereocenters. The molecule has 2 aromatic rings. The monoisotopic (exact) mass is 405 g/mol. The summed E-state index contributed by atoms with van der Waals surface area (Å²) in [6.45, 7) is 0. The molecular weight excluding hydrogens is 399 g/mol. The average Bonchev–Trinajstić information content (AvgIpc) is 2.43. The Bertz CT molecular complexity index is 722. The highest BCUT2D eigenvalue weighted by molar-refractivity contribution is 14.1. The molecule has 0 aliphatic heterocycles. The van der Waals surface area contributed by atoms with Gasteiger partial charge in [0.15, 0.2) is 0 Å². The van der Waals surface area contributed by atoms with E-state index >= 15 is 0 Å². The van der Waals surface area contributed by atoms with Crippen LogP contribution in [0.3, 0.4) is 0 Å². The second kappa shape index (κ2) is 6.08. The fraction of sp³-hybridized carbons (Fsp3) is 0. The summed E-state index contributed by atoms with van der Waals surface area (Å²) in [6.07, 6.45) is 1.48. The van der Waals surface area contributed by atoms with Crippen molar-refractivity contribution in [3.63, 3.8) is 0 Å². The zero-order chi connectivity index (χ0) is 15.6. The lowest BCUT2D eigenvalue weighted by Gasteiger charge is -2.06. The highest BCUT2D eigenvalue weighted by atomic mass is 127. The second-order valence-corrected chi connectivity index (χ2v) is 5.10. The van der Waals surface area contributed by atoms with Crippen LogP contribution in [0.4, 0.5) is 20.3 Å². The number of hydrogen-bond acceptors (Lipinski definition) is 4. The number of carbonyl (C=O) groups excluding carboxylic acids is 1. The molecule has 1 N–H and O–H groups in total. The van der Waals surface area contributed by atoms with Crippen LogP contribution in [0.25, 0.3) is 0 Å². The molecule has 2 rings (SSSR count). The molecule has 0 aliphatic carbocycles. The Morgan fingerprint density at radius 1 is 1.29 bits per heavy atom. The Morgan fingerprint density at radius 3 is 2.57 bits per heavy atom. The van der Waals surface area contributed by atoms with E-state index in [0.29, 0.717) is 12.1 Å². The third-order valence-corrected chi connectivity index (χ3v) is 3.08. The van der Waals surface area contributed by atoms with E-state index in [1.165, 1.54) is 12.3 Å². The van der Waals surface area contributed by atoms with Crippen molar-refractivity contribution in [3.8, 4) is 0 Å². The van der Waals surface area contributed by atoms with Crippen LogP contribution in [0, 0.1) is 25.3 Å². The van der Waals surface area contributed by atoms with Crippen molar-refractivity contribution in [2.45, 2.75) is 0 Å². The highest BCUT2D eigenvalue weighted by Gasteiger charge is 2.22. The molecule has 6 nitrogen and oxygen atoms in total. The Hall–Kier alpha value is -2.17. The summed E-state index contributed by atoms with van der Waals surface area (Å²) in [7, 11) is 0. The number of rotatable bonds is 3. The Balaban J connectivity index is 2.29. The zero-order valence-corrected chi connectivity index (χ0v) is 12.3. The first-order valence-corrected chi connectivity index (χ1v) is 6.52. The van der Waals surface area contributed by atoms with Gasteiger partial charge in [-0.2, -0.15) is 4.39 Å². The smallest absolute Gasteiger partial charge is 0.306 e. The molecule has 1 heterocycles. The number of nitro groups is 1. The number of carbonyl (C=O) groups is 1. The first kappa shape index (κ1) is 15.2. The van der Waals surface area contributed by atoms with E-state index in [4.69, 9.17) is 0 Å². The Morgan fingerprint density at radius 2 is 2.00 bits per heavy atom. The molecule has 0 spiro atoms. The van der Waals surface area contributed by atoms with Crippen molar-refractivity contribution in [2.24, 2.45) is 0 Å². The number of hydrogen-bond donors (Lipinski definition) is 1. The number of nitrogens with one attached hydrogen (secondary N) is 1. The molecule has 0 saturated heterocycles. The van der Waals surface area contributed by atoms with Gasteiger partial charge in [-0.3, -0.25) is 14.9 Å². The van der Waals surface area contributed by atoms with Gasteiger partial charge < -0.3 is 5.32 Å². The third kappa shape index (κ3) is 3.48. The van der Waals surface area contributed by atoms with Crippen LogP contribution in [-0.4, -0.2) is 15.8 Å². The summed E-state index contributed by atoms with van der Waals surface area (Å²) in [5, 5.41) is 12.7. The molecule has 1 amide bonds. The maximum atomic E-state index is 13.7. The maximum absolute atomic E-state index is 13.7. The molecular formula is C12H6F2IN3O3. The molecule has 0 bridgehead atoms. The molecule has 21 heavy (non-hydrogen) atoms. The fourth-order valence-electron chi connectivity index (χ4n) is 1.48. The van der Waals surface area contributed by atoms with Gasteiger partial charge in [0.1, 0.15) is 11.6 Å². The van der Waals surface area contributed by atoms with Crippen molar-refractivity contribution in [1.29, 1.82) is 0 Å². The SMILES string of the molecule is O=C(Nc1ccc(I)cn1)c1cc(F)c([N+](=O)[O-])cc1F. The van der Waals surface area contributed by atoms with E-state index in [0.717, 1.165) is 3.57 Å². The average molecular weight is 405 g/mol. The van der Waals surface area contributed by atoms with Crippen molar-refractivity contribution in [1.82, 2.24) is 4.98 Å². The van der Waals surface area contributed by atoms with E-state index in [1.54, 1.807) is 6.07 Å². The first-order valence-electron chi connectivity index (χ1n) is 5.45. The van der Waals surface area contributed by atoms with E-state index in [1.807, 2.05) is 22.6 Å². The number of aromatic nitrogens is 1. The molecule has 0 saturated carbocycles. The summed E-state index contributed by atoms with van der Waals surface area (Å²) in [4.78, 5) is 25.1. The fourth-order valence-corrected chi connectivity index (χ4v) is 1.80. The lowest BCUT2D eigenvalue weighted by molar-refractivity contribution is -0.387. The summed E-state index contributed by atoms with van der Waals surface area (Å²) in [6, 6.07) is 4.00. The van der Waals surface area contributed by atoms with E-state index in [9.17, 15) is 23.7 Å². The van der Waals surface area contributed by atoms with Crippen LogP contribution in [0.5, 0.6) is 0 Å². The quantitative estimate of drug-likeness (QED) is 0.483. The van der Waals surface area contributed by atoms with Crippen LogP contribution < -0.4 is 5.32 Å². The third-order valence-electron chi connectivity index (χ3n) is 2.45. The van der Waals surface area contributed by atoms with Crippen molar-refractivity contribution in [2.75, 3.05) is 5.32 Å². The van der Waals surface area contributed by atoms with Crippen LogP contribution >= 0.6 is 22.6 Å². The molecule has 0 fully saturated rings. The number of nitro benzene ring substituents is 1. The van der Waals surface area contributed by atoms with Gasteiger partial charge in [-0.25, -0.2) is 9.37 Å². The van der Waals surface area contributed by atoms with Gasteiger partial charge in [-0.15, -0.1) is 0 Å². The standard InChI is InChI=1S/C12H6F2IN3O3/c13-8-4-10(18(20)21)9(14)3-7(8)12(19)17-11-2-1-6(15)5-16-11/h1-5H,(H,16,17,19). The van der Waals surface area contributed by atoms with Crippen LogP contribution in [-0.2, 0) is 0 Å². The number of anilines is 1. The van der Waals surface area contributed by atoms with Gasteiger partial charge >= 0.3 is 5.69 Å². The van der Waals surface area contributed by atoms with Gasteiger partial charge in [0.2, 0.25) is 5.82 Å². The summed E-state index contributed by atoms with van der Waals surface area (Å²) < 4.78 is 27.9. The molecule has 9 heteroatoms. The van der Waals surface area contributed by atoms with Crippen molar-refractivity contribution >= 4 is 40.0 Å². The second-order valence-electron chi connectivity index (χ2n) is 3.86. The first-order chi connectivity index (χ1) is 9.88. The minimum atomic E-state index is -1.29. The molecule has 0 aliphatic rings. The van der Waals surface area contributed by atoms with Crippen molar-refractivity contribution in [3.05, 3.63) is 61.3 Å². The van der Waals surface area contributed by atoms with E-state index in [-0.39, 0.29) is 5.82 Å². The largest absolute Gasteiger partial charge is 0.307 e. The lowest BCUT2D eigenvalue weighted by Crippen LogP contribution is -2.15. The predicted octanol–water partition coefficient (Wildman–Crippen LogP) is 3.12. The molecule has 1 aromatic carbocycles. The molecule has 0 atom stereocenters. The topological polar surface area (TPSA) is 85.1 Å². The molecule has 1 aromatic heterocycles. The minimum absolute atomic E-state index is 0.151. The van der Waals surface area contributed by atoms with Gasteiger partial charge in [-0.1, -0.05) is 0 Å². The van der Waals surface area contributed by atoms with Gasteiger partial charge in [0.25, 0.3) is 5.91 Å². The Labute approximate surface area is 130 Å². The minimum Gasteiger partial charge on any atom is -0.306 e. The summed E-state index contributed by atoms with van der Waals surface area (Å²) in [5.74, 6) is -3.28. The van der Waals surface area contributed by atoms with E-state index < -0.39 is 33.7 Å². The van der Waals surface area contributed by atoms with Gasteiger partial charge in [-0.05, 0) is 40.8 Å². The summed E-state index contributed by atoms with van der Waals surface area (Å²) >= 11 is 2.01. The number of amides is 1. The molecule has 0 radical (unpaired) electrons. The van der Waals surface area contributed by atoms with Crippen molar-refractivity contribution < 1.29 is 18.5 Å². The van der Waals surface area contributed by atoms with Crippen LogP contribution in [0.15, 0.2) is 30.5 Å². The van der Waals surface area contributed by atoms with Crippen LogP contribution in [0.2, 0.25) is 0 Å². The predicted molar refractivity (Wildman–Crippen MR) is 77.9 cm³/mol.